The Balaban J connectivity index is 1.43. The van der Waals surface area contributed by atoms with E-state index in [9.17, 15) is 4.79 Å². The van der Waals surface area contributed by atoms with Gasteiger partial charge in [0.1, 0.15) is 5.60 Å². The highest BCUT2D eigenvalue weighted by Crippen LogP contribution is 2.29. The standard InChI is InChI=1S/C18H33N3O2/c1-18(2,3)23-17(22)19-14-5-4-6-16(13-14)21-11-9-20(10-12-21)15-7-8-15/h14-16H,4-13H2,1-3H3,(H,19,22). The van der Waals surface area contributed by atoms with Crippen LogP contribution in [0.4, 0.5) is 4.79 Å². The second-order valence-corrected chi connectivity index (χ2v) is 8.47. The summed E-state index contributed by atoms with van der Waals surface area (Å²) in [6, 6.07) is 1.79. The van der Waals surface area contributed by atoms with E-state index in [1.54, 1.807) is 0 Å². The highest BCUT2D eigenvalue weighted by atomic mass is 16.6. The SMILES string of the molecule is CC(C)(C)OC(=O)NC1CCCC(N2CCN(C3CC3)CC2)C1. The third kappa shape index (κ3) is 5.08. The molecule has 2 saturated carbocycles. The van der Waals surface area contributed by atoms with E-state index in [2.05, 4.69) is 15.1 Å². The number of hydrogen-bond acceptors (Lipinski definition) is 4. The van der Waals surface area contributed by atoms with Crippen molar-refractivity contribution in [1.82, 2.24) is 15.1 Å². The van der Waals surface area contributed by atoms with Crippen LogP contribution in [0.25, 0.3) is 0 Å². The van der Waals surface area contributed by atoms with Gasteiger partial charge in [-0.25, -0.2) is 4.79 Å². The fourth-order valence-corrected chi connectivity index (χ4v) is 4.01. The fraction of sp³-hybridized carbons (Fsp3) is 0.944. The number of piperazine rings is 1. The summed E-state index contributed by atoms with van der Waals surface area (Å²) in [4.78, 5) is 17.3. The van der Waals surface area contributed by atoms with Gasteiger partial charge in [0, 0.05) is 44.3 Å². The average molecular weight is 323 g/mol. The molecule has 132 valence electrons. The van der Waals surface area contributed by atoms with E-state index in [1.807, 2.05) is 20.8 Å². The fourth-order valence-electron chi connectivity index (χ4n) is 4.01. The van der Waals surface area contributed by atoms with Crippen LogP contribution in [-0.4, -0.2) is 65.8 Å². The number of nitrogens with one attached hydrogen (secondary N) is 1. The number of carbonyl (C=O) groups excluding carboxylic acids is 1. The van der Waals surface area contributed by atoms with E-state index in [-0.39, 0.29) is 12.1 Å². The average Bonchev–Trinajstić information content (AvgIpc) is 3.30. The van der Waals surface area contributed by atoms with Crippen molar-refractivity contribution >= 4 is 6.09 Å². The van der Waals surface area contributed by atoms with E-state index >= 15 is 0 Å². The molecule has 0 aromatic rings. The number of rotatable bonds is 3. The van der Waals surface area contributed by atoms with E-state index in [1.165, 1.54) is 51.9 Å². The smallest absolute Gasteiger partial charge is 0.407 e. The molecule has 1 heterocycles. The Bertz CT molecular complexity index is 409. The van der Waals surface area contributed by atoms with Crippen LogP contribution in [0.1, 0.15) is 59.3 Å². The van der Waals surface area contributed by atoms with Crippen molar-refractivity contribution < 1.29 is 9.53 Å². The largest absolute Gasteiger partial charge is 0.444 e. The molecule has 1 N–H and O–H groups in total. The summed E-state index contributed by atoms with van der Waals surface area (Å²) < 4.78 is 5.40. The molecule has 1 saturated heterocycles. The summed E-state index contributed by atoms with van der Waals surface area (Å²) in [6.07, 6.45) is 7.18. The Morgan fingerprint density at radius 2 is 1.57 bits per heavy atom. The van der Waals surface area contributed by atoms with Gasteiger partial charge in [-0.1, -0.05) is 0 Å². The van der Waals surface area contributed by atoms with E-state index in [0.717, 1.165) is 18.9 Å². The molecule has 2 unspecified atom stereocenters. The van der Waals surface area contributed by atoms with Gasteiger partial charge in [0.05, 0.1) is 0 Å². The molecule has 3 rings (SSSR count). The third-order valence-corrected chi connectivity index (χ3v) is 5.30. The molecular formula is C18H33N3O2. The number of hydrogen-bond donors (Lipinski definition) is 1. The molecule has 0 aromatic heterocycles. The molecule has 0 spiro atoms. The van der Waals surface area contributed by atoms with Crippen molar-refractivity contribution in [1.29, 1.82) is 0 Å². The molecule has 2 atom stereocenters. The quantitative estimate of drug-likeness (QED) is 0.867. The van der Waals surface area contributed by atoms with E-state index < -0.39 is 5.60 Å². The van der Waals surface area contributed by atoms with Gasteiger partial charge in [-0.3, -0.25) is 9.80 Å². The van der Waals surface area contributed by atoms with Crippen molar-refractivity contribution in [3.8, 4) is 0 Å². The van der Waals surface area contributed by atoms with Gasteiger partial charge in [-0.05, 0) is 59.3 Å². The van der Waals surface area contributed by atoms with Gasteiger partial charge in [-0.15, -0.1) is 0 Å². The number of nitrogens with zero attached hydrogens (tertiary/aromatic N) is 2. The van der Waals surface area contributed by atoms with Crippen LogP contribution in [0.3, 0.4) is 0 Å². The molecule has 5 nitrogen and oxygen atoms in total. The minimum atomic E-state index is -0.419. The molecule has 23 heavy (non-hydrogen) atoms. The first kappa shape index (κ1) is 17.0. The van der Waals surface area contributed by atoms with Crippen molar-refractivity contribution in [2.45, 2.75) is 83.0 Å². The summed E-state index contributed by atoms with van der Waals surface area (Å²) in [5, 5.41) is 3.08. The van der Waals surface area contributed by atoms with Gasteiger partial charge in [0.15, 0.2) is 0 Å². The maximum atomic E-state index is 12.0. The number of carbonyl (C=O) groups is 1. The maximum absolute atomic E-state index is 12.0. The lowest BCUT2D eigenvalue weighted by Crippen LogP contribution is -2.53. The Hall–Kier alpha value is -0.810. The summed E-state index contributed by atoms with van der Waals surface area (Å²) in [5.41, 5.74) is -0.419. The Morgan fingerprint density at radius 3 is 2.13 bits per heavy atom. The molecule has 1 aliphatic heterocycles. The first-order chi connectivity index (χ1) is 10.9. The third-order valence-electron chi connectivity index (χ3n) is 5.30. The first-order valence-corrected chi connectivity index (χ1v) is 9.38. The molecule has 0 radical (unpaired) electrons. The van der Waals surface area contributed by atoms with Gasteiger partial charge in [0.25, 0.3) is 0 Å². The first-order valence-electron chi connectivity index (χ1n) is 9.38. The van der Waals surface area contributed by atoms with Crippen LogP contribution in [0.5, 0.6) is 0 Å². The highest BCUT2D eigenvalue weighted by Gasteiger charge is 2.34. The van der Waals surface area contributed by atoms with Gasteiger partial charge in [-0.2, -0.15) is 0 Å². The van der Waals surface area contributed by atoms with Gasteiger partial charge >= 0.3 is 6.09 Å². The van der Waals surface area contributed by atoms with E-state index in [0.29, 0.717) is 6.04 Å². The minimum Gasteiger partial charge on any atom is -0.444 e. The van der Waals surface area contributed by atoms with Crippen molar-refractivity contribution in [2.24, 2.45) is 0 Å². The summed E-state index contributed by atoms with van der Waals surface area (Å²) in [6.45, 7) is 10.6. The molecular weight excluding hydrogens is 290 g/mol. The molecule has 3 aliphatic rings. The van der Waals surface area contributed by atoms with Gasteiger partial charge < -0.3 is 10.1 Å². The highest BCUT2D eigenvalue weighted by molar-refractivity contribution is 5.68. The Morgan fingerprint density at radius 1 is 0.957 bits per heavy atom. The lowest BCUT2D eigenvalue weighted by atomic mass is 9.89. The molecule has 5 heteroatoms. The predicted octanol–water partition coefficient (Wildman–Crippen LogP) is 2.60. The molecule has 0 bridgehead atoms. The predicted molar refractivity (Wildman–Crippen MR) is 91.6 cm³/mol. The summed E-state index contributed by atoms with van der Waals surface area (Å²) in [5.74, 6) is 0. The van der Waals surface area contributed by atoms with Crippen molar-refractivity contribution in [2.75, 3.05) is 26.2 Å². The lowest BCUT2D eigenvalue weighted by molar-refractivity contribution is 0.0427. The summed E-state index contributed by atoms with van der Waals surface area (Å²) in [7, 11) is 0. The second kappa shape index (κ2) is 6.98. The molecule has 0 aromatic carbocycles. The normalized spacial score (nSPS) is 30.9. The zero-order chi connectivity index (χ0) is 16.4. The van der Waals surface area contributed by atoms with Crippen LogP contribution < -0.4 is 5.32 Å². The zero-order valence-corrected chi connectivity index (χ0v) is 15.0. The van der Waals surface area contributed by atoms with Crippen LogP contribution in [0, 0.1) is 0 Å². The summed E-state index contributed by atoms with van der Waals surface area (Å²) >= 11 is 0. The second-order valence-electron chi connectivity index (χ2n) is 8.47. The Labute approximate surface area is 140 Å². The minimum absolute atomic E-state index is 0.262. The van der Waals surface area contributed by atoms with E-state index in [4.69, 9.17) is 4.74 Å². The maximum Gasteiger partial charge on any atom is 0.407 e. The monoisotopic (exact) mass is 323 g/mol. The molecule has 1 amide bonds. The van der Waals surface area contributed by atoms with Crippen molar-refractivity contribution in [3.63, 3.8) is 0 Å². The lowest BCUT2D eigenvalue weighted by Gasteiger charge is -2.42. The topological polar surface area (TPSA) is 44.8 Å². The van der Waals surface area contributed by atoms with Crippen LogP contribution >= 0.6 is 0 Å². The number of ether oxygens (including phenoxy) is 1. The van der Waals surface area contributed by atoms with Crippen LogP contribution in [-0.2, 0) is 4.74 Å². The van der Waals surface area contributed by atoms with Crippen LogP contribution in [0.15, 0.2) is 0 Å². The zero-order valence-electron chi connectivity index (χ0n) is 15.0. The number of alkyl carbamates (subject to hydrolysis) is 1. The van der Waals surface area contributed by atoms with Crippen LogP contribution in [0.2, 0.25) is 0 Å². The van der Waals surface area contributed by atoms with Gasteiger partial charge in [0.2, 0.25) is 0 Å². The molecule has 2 aliphatic carbocycles. The number of amides is 1. The Kier molecular flexibility index (Phi) is 5.16. The molecule has 3 fully saturated rings. The van der Waals surface area contributed by atoms with Crippen molar-refractivity contribution in [3.05, 3.63) is 0 Å².